The fourth-order valence-corrected chi connectivity index (χ4v) is 3.62. The molecule has 0 saturated carbocycles. The Morgan fingerprint density at radius 3 is 2.83 bits per heavy atom. The van der Waals surface area contributed by atoms with E-state index in [1.165, 1.54) is 23.1 Å². The molecule has 0 amide bonds. The first-order chi connectivity index (χ1) is 11.2. The third-order valence-electron chi connectivity index (χ3n) is 3.09. The Hall–Kier alpha value is -1.70. The van der Waals surface area contributed by atoms with E-state index in [9.17, 15) is 4.79 Å². The number of Topliss-reactive ketones (excluding diaryl/α,β-unsaturated/α-hetero) is 1. The van der Waals surface area contributed by atoms with Crippen molar-refractivity contribution in [3.8, 4) is 5.69 Å². The van der Waals surface area contributed by atoms with Gasteiger partial charge in [0.05, 0.1) is 10.6 Å². The van der Waals surface area contributed by atoms with E-state index in [0.717, 1.165) is 22.7 Å². The first-order valence-corrected chi connectivity index (χ1v) is 9.22. The van der Waals surface area contributed by atoms with Crippen LogP contribution in [0.2, 0.25) is 5.02 Å². The summed E-state index contributed by atoms with van der Waals surface area (Å²) in [6.07, 6.45) is 1.32. The topological polar surface area (TPSA) is 60.7 Å². The predicted octanol–water partition coefficient (Wildman–Crippen LogP) is 4.13. The molecule has 0 saturated heterocycles. The number of benzene rings is 1. The Kier molecular flexibility index (Phi) is 5.43. The first-order valence-electron chi connectivity index (χ1n) is 6.98. The van der Waals surface area contributed by atoms with Gasteiger partial charge in [0.2, 0.25) is 5.16 Å². The molecular formula is C15H13ClN4OS2. The molecule has 0 radical (unpaired) electrons. The van der Waals surface area contributed by atoms with Crippen molar-refractivity contribution >= 4 is 40.5 Å². The Balaban J connectivity index is 1.54. The van der Waals surface area contributed by atoms with Gasteiger partial charge in [-0.3, -0.25) is 4.79 Å². The maximum atomic E-state index is 11.9. The van der Waals surface area contributed by atoms with Gasteiger partial charge in [0.1, 0.15) is 0 Å². The quantitative estimate of drug-likeness (QED) is 0.358. The minimum Gasteiger partial charge on any atom is -0.293 e. The monoisotopic (exact) mass is 364 g/mol. The van der Waals surface area contributed by atoms with Crippen molar-refractivity contribution in [1.82, 2.24) is 20.2 Å². The normalized spacial score (nSPS) is 10.8. The van der Waals surface area contributed by atoms with Crippen LogP contribution >= 0.6 is 34.7 Å². The van der Waals surface area contributed by atoms with Crippen LogP contribution < -0.4 is 0 Å². The zero-order valence-corrected chi connectivity index (χ0v) is 14.4. The molecule has 0 aliphatic rings. The van der Waals surface area contributed by atoms with Gasteiger partial charge in [0.15, 0.2) is 5.78 Å². The molecule has 2 heterocycles. The number of hydrogen-bond acceptors (Lipinski definition) is 6. The number of rotatable bonds is 7. The third kappa shape index (κ3) is 4.19. The Labute approximate surface area is 146 Å². The maximum absolute atomic E-state index is 11.9. The second kappa shape index (κ2) is 7.72. The Morgan fingerprint density at radius 1 is 1.26 bits per heavy atom. The molecule has 0 aliphatic carbocycles. The van der Waals surface area contributed by atoms with Crippen LogP contribution in [0.5, 0.6) is 0 Å². The summed E-state index contributed by atoms with van der Waals surface area (Å²) in [5.74, 6) is 0.975. The lowest BCUT2D eigenvalue weighted by atomic mass is 10.2. The number of ketones is 1. The van der Waals surface area contributed by atoms with Gasteiger partial charge < -0.3 is 0 Å². The molecule has 23 heavy (non-hydrogen) atoms. The molecule has 0 atom stereocenters. The average molecular weight is 365 g/mol. The standard InChI is InChI=1S/C15H13ClN4OS2/c16-11-5-7-12(8-6-11)20-15(17-18-19-20)23-10-1-3-13(21)14-4-2-9-22-14/h2,4-9H,1,3,10H2. The summed E-state index contributed by atoms with van der Waals surface area (Å²) in [5.41, 5.74) is 0.858. The molecular weight excluding hydrogens is 352 g/mol. The number of carbonyl (C=O) groups is 1. The summed E-state index contributed by atoms with van der Waals surface area (Å²) < 4.78 is 1.67. The predicted molar refractivity (Wildman–Crippen MR) is 92.8 cm³/mol. The molecule has 3 rings (SSSR count). The lowest BCUT2D eigenvalue weighted by molar-refractivity contribution is 0.0986. The lowest BCUT2D eigenvalue weighted by Gasteiger charge is -2.04. The molecule has 0 N–H and O–H groups in total. The van der Waals surface area contributed by atoms with Crippen LogP contribution in [0, 0.1) is 0 Å². The molecule has 0 bridgehead atoms. The van der Waals surface area contributed by atoms with Gasteiger partial charge in [-0.15, -0.1) is 16.4 Å². The molecule has 2 aromatic heterocycles. The highest BCUT2D eigenvalue weighted by molar-refractivity contribution is 7.99. The van der Waals surface area contributed by atoms with Crippen molar-refractivity contribution in [2.75, 3.05) is 5.75 Å². The summed E-state index contributed by atoms with van der Waals surface area (Å²) in [5, 5.41) is 15.0. The summed E-state index contributed by atoms with van der Waals surface area (Å²) >= 11 is 8.91. The fraction of sp³-hybridized carbons (Fsp3) is 0.200. The van der Waals surface area contributed by atoms with Gasteiger partial charge in [-0.2, -0.15) is 4.68 Å². The second-order valence-corrected chi connectivity index (χ2v) is 7.15. The van der Waals surface area contributed by atoms with E-state index >= 15 is 0 Å². The molecule has 8 heteroatoms. The molecule has 118 valence electrons. The number of nitrogens with zero attached hydrogens (tertiary/aromatic N) is 4. The number of thioether (sulfide) groups is 1. The maximum Gasteiger partial charge on any atom is 0.214 e. The minimum absolute atomic E-state index is 0.192. The fourth-order valence-electron chi connectivity index (χ4n) is 1.97. The molecule has 0 spiro atoms. The van der Waals surface area contributed by atoms with Crippen molar-refractivity contribution in [3.05, 3.63) is 51.7 Å². The highest BCUT2D eigenvalue weighted by Crippen LogP contribution is 2.21. The largest absolute Gasteiger partial charge is 0.293 e. The number of tetrazole rings is 1. The minimum atomic E-state index is 0.192. The van der Waals surface area contributed by atoms with Crippen molar-refractivity contribution in [3.63, 3.8) is 0 Å². The van der Waals surface area contributed by atoms with E-state index in [-0.39, 0.29) is 5.78 Å². The van der Waals surface area contributed by atoms with Crippen LogP contribution in [-0.4, -0.2) is 31.7 Å². The molecule has 0 unspecified atom stereocenters. The first kappa shape index (κ1) is 16.2. The van der Waals surface area contributed by atoms with Crippen LogP contribution in [-0.2, 0) is 0 Å². The van der Waals surface area contributed by atoms with E-state index in [1.807, 2.05) is 29.6 Å². The molecule has 1 aromatic carbocycles. The highest BCUT2D eigenvalue weighted by atomic mass is 35.5. The van der Waals surface area contributed by atoms with E-state index in [2.05, 4.69) is 15.5 Å². The van der Waals surface area contributed by atoms with Crippen molar-refractivity contribution in [1.29, 1.82) is 0 Å². The number of halogens is 1. The van der Waals surface area contributed by atoms with Crippen LogP contribution in [0.3, 0.4) is 0 Å². The smallest absolute Gasteiger partial charge is 0.214 e. The highest BCUT2D eigenvalue weighted by Gasteiger charge is 2.10. The molecule has 3 aromatic rings. The molecule has 0 fully saturated rings. The summed E-state index contributed by atoms with van der Waals surface area (Å²) in [7, 11) is 0. The third-order valence-corrected chi connectivity index (χ3v) is 5.26. The van der Waals surface area contributed by atoms with Crippen LogP contribution in [0.25, 0.3) is 5.69 Å². The summed E-state index contributed by atoms with van der Waals surface area (Å²) in [6, 6.07) is 11.1. The SMILES string of the molecule is O=C(CCCSc1nnnn1-c1ccc(Cl)cc1)c1cccs1. The molecule has 5 nitrogen and oxygen atoms in total. The Bertz CT molecular complexity index is 771. The van der Waals surface area contributed by atoms with E-state index in [1.54, 1.807) is 16.8 Å². The van der Waals surface area contributed by atoms with Crippen molar-refractivity contribution in [2.45, 2.75) is 18.0 Å². The van der Waals surface area contributed by atoms with E-state index < -0.39 is 0 Å². The zero-order chi connectivity index (χ0) is 16.1. The summed E-state index contributed by atoms with van der Waals surface area (Å²) in [6.45, 7) is 0. The van der Waals surface area contributed by atoms with Crippen molar-refractivity contribution < 1.29 is 4.79 Å². The van der Waals surface area contributed by atoms with Crippen LogP contribution in [0.4, 0.5) is 0 Å². The van der Waals surface area contributed by atoms with Gasteiger partial charge in [-0.05, 0) is 52.6 Å². The second-order valence-electron chi connectivity index (χ2n) is 4.70. The number of hydrogen-bond donors (Lipinski definition) is 0. The average Bonchev–Trinajstić information content (AvgIpc) is 3.24. The number of carbonyl (C=O) groups excluding carboxylic acids is 1. The number of aromatic nitrogens is 4. The van der Waals surface area contributed by atoms with E-state index in [0.29, 0.717) is 16.6 Å². The van der Waals surface area contributed by atoms with E-state index in [4.69, 9.17) is 11.6 Å². The lowest BCUT2D eigenvalue weighted by Crippen LogP contribution is -2.00. The van der Waals surface area contributed by atoms with Crippen LogP contribution in [0.1, 0.15) is 22.5 Å². The van der Waals surface area contributed by atoms with Gasteiger partial charge in [0, 0.05) is 17.2 Å². The number of thiophene rings is 1. The molecule has 0 aliphatic heterocycles. The van der Waals surface area contributed by atoms with Gasteiger partial charge in [-0.1, -0.05) is 29.4 Å². The zero-order valence-electron chi connectivity index (χ0n) is 12.1. The van der Waals surface area contributed by atoms with Gasteiger partial charge >= 0.3 is 0 Å². The Morgan fingerprint density at radius 2 is 2.09 bits per heavy atom. The van der Waals surface area contributed by atoms with Crippen molar-refractivity contribution in [2.24, 2.45) is 0 Å². The van der Waals surface area contributed by atoms with Crippen LogP contribution in [0.15, 0.2) is 46.9 Å². The summed E-state index contributed by atoms with van der Waals surface area (Å²) in [4.78, 5) is 12.8. The van der Waals surface area contributed by atoms with Gasteiger partial charge in [0.25, 0.3) is 0 Å². The van der Waals surface area contributed by atoms with Gasteiger partial charge in [-0.25, -0.2) is 0 Å².